The number of piperidine rings is 1. The van der Waals surface area contributed by atoms with Gasteiger partial charge in [0.1, 0.15) is 12.4 Å². The lowest BCUT2D eigenvalue weighted by molar-refractivity contribution is -0.384. The highest BCUT2D eigenvalue weighted by atomic mass is 16.6. The molecule has 0 radical (unpaired) electrons. The molecule has 2 fully saturated rings. The zero-order valence-corrected chi connectivity index (χ0v) is 13.1. The number of rotatable bonds is 2. The highest BCUT2D eigenvalue weighted by Crippen LogP contribution is 2.38. The fourth-order valence-electron chi connectivity index (χ4n) is 4.00. The summed E-state index contributed by atoms with van der Waals surface area (Å²) in [6.45, 7) is 5.86. The third kappa shape index (κ3) is 2.74. The third-order valence-corrected chi connectivity index (χ3v) is 5.23. The molecule has 0 aromatic heterocycles. The lowest BCUT2D eigenvalue weighted by atomic mass is 10.0. The molecule has 3 aliphatic rings. The van der Waals surface area contributed by atoms with Crippen LogP contribution < -0.4 is 15.0 Å². The smallest absolute Gasteiger partial charge is 0.273 e. The first-order chi connectivity index (χ1) is 11.2. The maximum Gasteiger partial charge on any atom is 0.273 e. The highest BCUT2D eigenvalue weighted by Gasteiger charge is 2.35. The Morgan fingerprint density at radius 3 is 2.83 bits per heavy atom. The second kappa shape index (κ2) is 5.98. The lowest BCUT2D eigenvalue weighted by Gasteiger charge is -2.48. The van der Waals surface area contributed by atoms with Crippen molar-refractivity contribution in [3.05, 3.63) is 28.3 Å². The first kappa shape index (κ1) is 14.7. The van der Waals surface area contributed by atoms with Gasteiger partial charge >= 0.3 is 0 Å². The van der Waals surface area contributed by atoms with Gasteiger partial charge in [-0.15, -0.1) is 0 Å². The number of ether oxygens (including phenoxy) is 1. The zero-order valence-electron chi connectivity index (χ0n) is 13.1. The standard InChI is InChI=1S/C16H22N4O3/c21-20(22)13-1-2-15-16(9-13)23-11-14-10-18(7-8-19(14)15)12-3-5-17-6-4-12/h1-2,9,12,14,17H,3-8,10-11H2/t14-/m0/s1. The summed E-state index contributed by atoms with van der Waals surface area (Å²) < 4.78 is 5.83. The minimum Gasteiger partial charge on any atom is -0.489 e. The maximum absolute atomic E-state index is 10.9. The molecule has 0 amide bonds. The van der Waals surface area contributed by atoms with Crippen LogP contribution in [0.25, 0.3) is 0 Å². The fourth-order valence-corrected chi connectivity index (χ4v) is 4.00. The molecule has 1 atom stereocenters. The van der Waals surface area contributed by atoms with Crippen LogP contribution in [-0.2, 0) is 0 Å². The van der Waals surface area contributed by atoms with Gasteiger partial charge in [0, 0.05) is 31.7 Å². The monoisotopic (exact) mass is 318 g/mol. The van der Waals surface area contributed by atoms with Crippen LogP contribution in [0.5, 0.6) is 5.75 Å². The number of nitro benzene ring substituents is 1. The number of anilines is 1. The summed E-state index contributed by atoms with van der Waals surface area (Å²) in [5.74, 6) is 0.644. The topological polar surface area (TPSA) is 70.9 Å². The number of hydrogen-bond acceptors (Lipinski definition) is 6. The minimum absolute atomic E-state index is 0.0931. The van der Waals surface area contributed by atoms with Crippen LogP contribution in [0.15, 0.2) is 18.2 Å². The lowest BCUT2D eigenvalue weighted by Crippen LogP contribution is -2.60. The first-order valence-electron chi connectivity index (χ1n) is 8.35. The molecule has 0 spiro atoms. The molecule has 0 aliphatic carbocycles. The molecule has 2 saturated heterocycles. The van der Waals surface area contributed by atoms with Crippen LogP contribution in [0.4, 0.5) is 11.4 Å². The number of non-ortho nitro benzene ring substituents is 1. The summed E-state index contributed by atoms with van der Waals surface area (Å²) in [5.41, 5.74) is 1.09. The first-order valence-corrected chi connectivity index (χ1v) is 8.35. The Hall–Kier alpha value is -1.86. The molecule has 3 heterocycles. The van der Waals surface area contributed by atoms with Crippen molar-refractivity contribution in [2.75, 3.05) is 44.2 Å². The van der Waals surface area contributed by atoms with Gasteiger partial charge in [0.05, 0.1) is 22.7 Å². The Labute approximate surface area is 135 Å². The average molecular weight is 318 g/mol. The molecule has 0 unspecified atom stereocenters. The Morgan fingerprint density at radius 2 is 2.04 bits per heavy atom. The number of benzene rings is 1. The molecule has 1 aromatic carbocycles. The molecule has 124 valence electrons. The summed E-state index contributed by atoms with van der Waals surface area (Å²) in [5, 5.41) is 14.3. The van der Waals surface area contributed by atoms with E-state index in [9.17, 15) is 10.1 Å². The van der Waals surface area contributed by atoms with E-state index in [0.29, 0.717) is 24.4 Å². The van der Waals surface area contributed by atoms with Gasteiger partial charge < -0.3 is 15.0 Å². The van der Waals surface area contributed by atoms with E-state index >= 15 is 0 Å². The summed E-state index contributed by atoms with van der Waals surface area (Å²) in [4.78, 5) is 15.5. The molecule has 4 rings (SSSR count). The predicted molar refractivity (Wildman–Crippen MR) is 87.2 cm³/mol. The molecule has 1 aromatic rings. The van der Waals surface area contributed by atoms with Crippen LogP contribution in [0.1, 0.15) is 12.8 Å². The van der Waals surface area contributed by atoms with Gasteiger partial charge in [0.2, 0.25) is 0 Å². The van der Waals surface area contributed by atoms with Crippen LogP contribution in [0.3, 0.4) is 0 Å². The van der Waals surface area contributed by atoms with Crippen molar-refractivity contribution in [3.63, 3.8) is 0 Å². The van der Waals surface area contributed by atoms with Gasteiger partial charge in [0.25, 0.3) is 5.69 Å². The highest BCUT2D eigenvalue weighted by molar-refractivity contribution is 5.64. The van der Waals surface area contributed by atoms with Crippen LogP contribution in [0.2, 0.25) is 0 Å². The van der Waals surface area contributed by atoms with Crippen LogP contribution in [-0.4, -0.2) is 61.2 Å². The minimum atomic E-state index is -0.370. The Bertz CT molecular complexity index is 603. The second-order valence-electron chi connectivity index (χ2n) is 6.54. The number of nitrogens with one attached hydrogen (secondary N) is 1. The number of piperazine rings is 1. The number of nitrogens with zero attached hydrogens (tertiary/aromatic N) is 3. The Balaban J connectivity index is 1.50. The van der Waals surface area contributed by atoms with Crippen molar-refractivity contribution in [1.29, 1.82) is 0 Å². The van der Waals surface area contributed by atoms with E-state index in [-0.39, 0.29) is 10.6 Å². The molecular formula is C16H22N4O3. The van der Waals surface area contributed by atoms with E-state index < -0.39 is 0 Å². The van der Waals surface area contributed by atoms with Crippen molar-refractivity contribution in [3.8, 4) is 5.75 Å². The van der Waals surface area contributed by atoms with E-state index in [4.69, 9.17) is 4.74 Å². The van der Waals surface area contributed by atoms with E-state index in [0.717, 1.165) is 38.4 Å². The SMILES string of the molecule is O=[N+]([O-])c1ccc2c(c1)OC[C@@H]1CN(C3CCNCC3)CCN21. The molecular weight excluding hydrogens is 296 g/mol. The average Bonchev–Trinajstić information content (AvgIpc) is 2.61. The van der Waals surface area contributed by atoms with Crippen LogP contribution >= 0.6 is 0 Å². The van der Waals surface area contributed by atoms with Crippen molar-refractivity contribution in [2.24, 2.45) is 0 Å². The molecule has 7 nitrogen and oxygen atoms in total. The third-order valence-electron chi connectivity index (χ3n) is 5.23. The second-order valence-corrected chi connectivity index (χ2v) is 6.54. The fraction of sp³-hybridized carbons (Fsp3) is 0.625. The van der Waals surface area contributed by atoms with Crippen molar-refractivity contribution in [1.82, 2.24) is 10.2 Å². The van der Waals surface area contributed by atoms with Crippen molar-refractivity contribution in [2.45, 2.75) is 24.9 Å². The normalized spacial score (nSPS) is 25.4. The maximum atomic E-state index is 10.9. The summed E-state index contributed by atoms with van der Waals surface area (Å²) >= 11 is 0. The van der Waals surface area contributed by atoms with Crippen LogP contribution in [0, 0.1) is 10.1 Å². The molecule has 0 saturated carbocycles. The zero-order chi connectivity index (χ0) is 15.8. The Kier molecular flexibility index (Phi) is 3.82. The van der Waals surface area contributed by atoms with Gasteiger partial charge in [-0.05, 0) is 32.0 Å². The van der Waals surface area contributed by atoms with Gasteiger partial charge in [-0.2, -0.15) is 0 Å². The van der Waals surface area contributed by atoms with E-state index in [1.165, 1.54) is 12.8 Å². The number of hydrogen-bond donors (Lipinski definition) is 1. The van der Waals surface area contributed by atoms with E-state index in [2.05, 4.69) is 15.1 Å². The largest absolute Gasteiger partial charge is 0.489 e. The molecule has 1 N–H and O–H groups in total. The van der Waals surface area contributed by atoms with Gasteiger partial charge in [0.15, 0.2) is 0 Å². The molecule has 3 aliphatic heterocycles. The summed E-state index contributed by atoms with van der Waals surface area (Å²) in [7, 11) is 0. The van der Waals surface area contributed by atoms with Crippen molar-refractivity contribution < 1.29 is 9.66 Å². The number of nitro groups is 1. The van der Waals surface area contributed by atoms with Gasteiger partial charge in [-0.3, -0.25) is 15.0 Å². The predicted octanol–water partition coefficient (Wildman–Crippen LogP) is 1.23. The molecule has 0 bridgehead atoms. The summed E-state index contributed by atoms with van der Waals surface area (Å²) in [6, 6.07) is 5.97. The number of fused-ring (bicyclic) bond motifs is 3. The quantitative estimate of drug-likeness (QED) is 0.653. The van der Waals surface area contributed by atoms with E-state index in [1.54, 1.807) is 12.1 Å². The van der Waals surface area contributed by atoms with Crippen molar-refractivity contribution >= 4 is 11.4 Å². The molecule has 23 heavy (non-hydrogen) atoms. The van der Waals surface area contributed by atoms with Gasteiger partial charge in [-0.25, -0.2) is 0 Å². The van der Waals surface area contributed by atoms with Gasteiger partial charge in [-0.1, -0.05) is 0 Å². The summed E-state index contributed by atoms with van der Waals surface area (Å²) in [6.07, 6.45) is 2.44. The Morgan fingerprint density at radius 1 is 1.22 bits per heavy atom. The van der Waals surface area contributed by atoms with E-state index in [1.807, 2.05) is 6.07 Å². The molecule has 7 heteroatoms.